The van der Waals surface area contributed by atoms with E-state index in [1.165, 1.54) is 11.1 Å². The normalized spacial score (nSPS) is 17.2. The predicted octanol–water partition coefficient (Wildman–Crippen LogP) is 4.92. The molecule has 4 heteroatoms. The van der Waals surface area contributed by atoms with Crippen LogP contribution in [-0.2, 0) is 17.8 Å². The molecule has 0 radical (unpaired) electrons. The van der Waals surface area contributed by atoms with E-state index in [4.69, 9.17) is 4.98 Å². The third kappa shape index (κ3) is 3.25. The smallest absolute Gasteiger partial charge is 0.227 e. The van der Waals surface area contributed by atoms with Gasteiger partial charge in [-0.2, -0.15) is 0 Å². The average Bonchev–Trinajstić information content (AvgIpc) is 3.26. The second kappa shape index (κ2) is 7.55. The Morgan fingerprint density at radius 2 is 1.85 bits per heavy atom. The molecular weight excluding hydrogens is 334 g/mol. The molecule has 2 heterocycles. The third-order valence-electron chi connectivity index (χ3n) is 5.57. The van der Waals surface area contributed by atoms with Crippen molar-refractivity contribution in [3.8, 4) is 0 Å². The van der Waals surface area contributed by atoms with Crippen LogP contribution in [0.2, 0.25) is 0 Å². The molecule has 1 aliphatic heterocycles. The zero-order chi connectivity index (χ0) is 18.8. The fourth-order valence-electron chi connectivity index (χ4n) is 4.14. The van der Waals surface area contributed by atoms with Gasteiger partial charge in [0.25, 0.3) is 0 Å². The molecule has 0 bridgehead atoms. The number of nitrogens with zero attached hydrogens (tertiary/aromatic N) is 3. The largest absolute Gasteiger partial charge is 0.328 e. The number of hydrogen-bond donors (Lipinski definition) is 0. The Hall–Kier alpha value is -2.62. The van der Waals surface area contributed by atoms with Gasteiger partial charge in [-0.25, -0.2) is 4.98 Å². The van der Waals surface area contributed by atoms with Gasteiger partial charge < -0.3 is 9.47 Å². The van der Waals surface area contributed by atoms with E-state index in [-0.39, 0.29) is 11.8 Å². The summed E-state index contributed by atoms with van der Waals surface area (Å²) in [4.78, 5) is 19.8. The van der Waals surface area contributed by atoms with E-state index in [1.54, 1.807) is 0 Å². The van der Waals surface area contributed by atoms with E-state index < -0.39 is 0 Å². The molecule has 140 valence electrons. The third-order valence-corrected chi connectivity index (χ3v) is 5.57. The molecule has 2 aromatic carbocycles. The molecule has 4 rings (SSSR count). The summed E-state index contributed by atoms with van der Waals surface area (Å²) in [6.45, 7) is 6.02. The summed E-state index contributed by atoms with van der Waals surface area (Å²) in [7, 11) is 0. The Morgan fingerprint density at radius 3 is 2.67 bits per heavy atom. The number of rotatable bonds is 6. The highest BCUT2D eigenvalue weighted by atomic mass is 16.2. The van der Waals surface area contributed by atoms with Gasteiger partial charge in [0.1, 0.15) is 5.82 Å². The highest BCUT2D eigenvalue weighted by Crippen LogP contribution is 2.34. The van der Waals surface area contributed by atoms with Crippen LogP contribution in [0.4, 0.5) is 5.69 Å². The summed E-state index contributed by atoms with van der Waals surface area (Å²) >= 11 is 0. The summed E-state index contributed by atoms with van der Waals surface area (Å²) in [6.07, 6.45) is 3.73. The summed E-state index contributed by atoms with van der Waals surface area (Å²) in [5.41, 5.74) is 4.50. The number of carbonyl (C=O) groups is 1. The number of benzene rings is 2. The average molecular weight is 361 g/mol. The van der Waals surface area contributed by atoms with Crippen LogP contribution < -0.4 is 4.90 Å². The van der Waals surface area contributed by atoms with E-state index in [2.05, 4.69) is 48.7 Å². The highest BCUT2D eigenvalue weighted by molar-refractivity contribution is 5.97. The van der Waals surface area contributed by atoms with Crippen LogP contribution in [0.15, 0.2) is 48.5 Å². The van der Waals surface area contributed by atoms with E-state index >= 15 is 0 Å². The van der Waals surface area contributed by atoms with Crippen molar-refractivity contribution in [1.29, 1.82) is 0 Å². The Balaban J connectivity index is 1.69. The maximum atomic E-state index is 12.9. The van der Waals surface area contributed by atoms with Crippen molar-refractivity contribution in [3.63, 3.8) is 0 Å². The standard InChI is InChI=1S/C23H27N3O/c1-3-5-14-25-21-13-9-7-11-19(21)24-23(25)18-15-22(27)26(16-18)20-12-8-6-10-17(20)4-2/h6-13,18H,3-5,14-16H2,1-2H3/t18-/m0/s1. The van der Waals surface area contributed by atoms with Crippen LogP contribution in [0.25, 0.3) is 11.0 Å². The lowest BCUT2D eigenvalue weighted by molar-refractivity contribution is -0.117. The van der Waals surface area contributed by atoms with Crippen LogP contribution in [-0.4, -0.2) is 22.0 Å². The maximum absolute atomic E-state index is 12.9. The molecule has 0 N–H and O–H groups in total. The number of para-hydroxylation sites is 3. The van der Waals surface area contributed by atoms with Gasteiger partial charge in [-0.05, 0) is 36.6 Å². The van der Waals surface area contributed by atoms with Gasteiger partial charge in [0.05, 0.1) is 11.0 Å². The molecular formula is C23H27N3O. The molecule has 27 heavy (non-hydrogen) atoms. The van der Waals surface area contributed by atoms with Gasteiger partial charge in [-0.15, -0.1) is 0 Å². The molecule has 3 aromatic rings. The highest BCUT2D eigenvalue weighted by Gasteiger charge is 2.35. The summed E-state index contributed by atoms with van der Waals surface area (Å²) in [6, 6.07) is 16.6. The predicted molar refractivity (Wildman–Crippen MR) is 110 cm³/mol. The van der Waals surface area contributed by atoms with Crippen molar-refractivity contribution in [2.75, 3.05) is 11.4 Å². The Labute approximate surface area is 160 Å². The molecule has 0 aliphatic carbocycles. The number of anilines is 1. The Morgan fingerprint density at radius 1 is 1.07 bits per heavy atom. The molecule has 1 aliphatic rings. The summed E-state index contributed by atoms with van der Waals surface area (Å²) in [5.74, 6) is 1.41. The number of imidazole rings is 1. The fraction of sp³-hybridized carbons (Fsp3) is 0.391. The lowest BCUT2D eigenvalue weighted by atomic mass is 10.1. The topological polar surface area (TPSA) is 38.1 Å². The number of aryl methyl sites for hydroxylation is 2. The van der Waals surface area contributed by atoms with E-state index in [9.17, 15) is 4.79 Å². The van der Waals surface area contributed by atoms with Crippen molar-refractivity contribution in [1.82, 2.24) is 9.55 Å². The monoisotopic (exact) mass is 361 g/mol. The minimum Gasteiger partial charge on any atom is -0.328 e. The molecule has 0 saturated carbocycles. The number of aromatic nitrogens is 2. The minimum absolute atomic E-state index is 0.145. The summed E-state index contributed by atoms with van der Waals surface area (Å²) < 4.78 is 2.34. The van der Waals surface area contributed by atoms with Crippen LogP contribution in [0, 0.1) is 0 Å². The molecule has 0 spiro atoms. The van der Waals surface area contributed by atoms with Crippen molar-refractivity contribution in [2.45, 2.75) is 52.0 Å². The second-order valence-corrected chi connectivity index (χ2v) is 7.35. The number of amides is 1. The first-order valence-corrected chi connectivity index (χ1v) is 10.1. The molecule has 0 unspecified atom stereocenters. The van der Waals surface area contributed by atoms with Crippen LogP contribution >= 0.6 is 0 Å². The van der Waals surface area contributed by atoms with E-state index in [0.717, 1.165) is 42.8 Å². The minimum atomic E-state index is 0.145. The quantitative estimate of drug-likeness (QED) is 0.625. The van der Waals surface area contributed by atoms with Crippen molar-refractivity contribution < 1.29 is 4.79 Å². The molecule has 1 amide bonds. The number of fused-ring (bicyclic) bond motifs is 1. The molecule has 1 fully saturated rings. The molecule has 1 saturated heterocycles. The van der Waals surface area contributed by atoms with Crippen molar-refractivity contribution in [3.05, 3.63) is 59.9 Å². The zero-order valence-corrected chi connectivity index (χ0v) is 16.2. The van der Waals surface area contributed by atoms with Gasteiger partial charge in [0, 0.05) is 31.1 Å². The number of hydrogen-bond acceptors (Lipinski definition) is 2. The van der Waals surface area contributed by atoms with E-state index in [0.29, 0.717) is 13.0 Å². The number of unbranched alkanes of at least 4 members (excludes halogenated alkanes) is 1. The van der Waals surface area contributed by atoms with Crippen LogP contribution in [0.3, 0.4) is 0 Å². The van der Waals surface area contributed by atoms with Gasteiger partial charge in [0.15, 0.2) is 0 Å². The first-order chi connectivity index (χ1) is 13.2. The van der Waals surface area contributed by atoms with Crippen LogP contribution in [0.1, 0.15) is 50.4 Å². The van der Waals surface area contributed by atoms with Gasteiger partial charge >= 0.3 is 0 Å². The Kier molecular flexibility index (Phi) is 4.97. The van der Waals surface area contributed by atoms with Gasteiger partial charge in [-0.3, -0.25) is 4.79 Å². The fourth-order valence-corrected chi connectivity index (χ4v) is 4.14. The zero-order valence-electron chi connectivity index (χ0n) is 16.2. The van der Waals surface area contributed by atoms with E-state index in [1.807, 2.05) is 23.1 Å². The molecule has 4 nitrogen and oxygen atoms in total. The maximum Gasteiger partial charge on any atom is 0.227 e. The second-order valence-electron chi connectivity index (χ2n) is 7.35. The van der Waals surface area contributed by atoms with Crippen molar-refractivity contribution >= 4 is 22.6 Å². The Bertz CT molecular complexity index is 959. The lowest BCUT2D eigenvalue weighted by Gasteiger charge is -2.20. The first kappa shape index (κ1) is 17.8. The van der Waals surface area contributed by atoms with Gasteiger partial charge in [-0.1, -0.05) is 50.6 Å². The van der Waals surface area contributed by atoms with Crippen molar-refractivity contribution in [2.24, 2.45) is 0 Å². The molecule has 1 aromatic heterocycles. The number of carbonyl (C=O) groups excluding carboxylic acids is 1. The lowest BCUT2D eigenvalue weighted by Crippen LogP contribution is -2.25. The van der Waals surface area contributed by atoms with Gasteiger partial charge in [0.2, 0.25) is 5.91 Å². The van der Waals surface area contributed by atoms with Crippen LogP contribution in [0.5, 0.6) is 0 Å². The summed E-state index contributed by atoms with van der Waals surface area (Å²) in [5, 5.41) is 0. The SMILES string of the molecule is CCCCn1c([C@H]2CC(=O)N(c3ccccc3CC)C2)nc2ccccc21. The molecule has 1 atom stereocenters. The first-order valence-electron chi connectivity index (χ1n) is 10.1.